The van der Waals surface area contributed by atoms with E-state index in [1.807, 2.05) is 23.9 Å². The van der Waals surface area contributed by atoms with Crippen LogP contribution in [0.25, 0.3) is 10.9 Å². The summed E-state index contributed by atoms with van der Waals surface area (Å²) in [6.45, 7) is 4.10. The van der Waals surface area contributed by atoms with Crippen molar-refractivity contribution in [2.45, 2.75) is 25.5 Å². The van der Waals surface area contributed by atoms with Gasteiger partial charge in [-0.25, -0.2) is 0 Å². The van der Waals surface area contributed by atoms with Gasteiger partial charge >= 0.3 is 0 Å². The van der Waals surface area contributed by atoms with E-state index in [1.54, 1.807) is 7.11 Å². The van der Waals surface area contributed by atoms with E-state index in [0.29, 0.717) is 12.7 Å². The van der Waals surface area contributed by atoms with Crippen LogP contribution in [-0.2, 0) is 23.1 Å². The van der Waals surface area contributed by atoms with Crippen molar-refractivity contribution in [3.8, 4) is 0 Å². The Balaban J connectivity index is 1.81. The minimum absolute atomic E-state index is 0.317. The van der Waals surface area contributed by atoms with Crippen LogP contribution >= 0.6 is 11.6 Å². The van der Waals surface area contributed by atoms with Gasteiger partial charge in [0.1, 0.15) is 0 Å². The lowest BCUT2D eigenvalue weighted by Crippen LogP contribution is -2.34. The van der Waals surface area contributed by atoms with Crippen molar-refractivity contribution in [3.05, 3.63) is 28.9 Å². The Morgan fingerprint density at radius 1 is 1.48 bits per heavy atom. The largest absolute Gasteiger partial charge is 0.383 e. The SMILES string of the molecule is COCCN(Cc1nn(C)c2cccc(Cl)c12)C[C@@H]1CCCO1. The van der Waals surface area contributed by atoms with Gasteiger partial charge < -0.3 is 9.47 Å². The predicted octanol–water partition coefficient (Wildman–Crippen LogP) is 2.85. The number of hydrogen-bond donors (Lipinski definition) is 0. The Hall–Kier alpha value is -1.14. The van der Waals surface area contributed by atoms with Crippen LogP contribution in [0.15, 0.2) is 18.2 Å². The zero-order chi connectivity index (χ0) is 16.2. The molecule has 1 aliphatic rings. The lowest BCUT2D eigenvalue weighted by Gasteiger charge is -2.24. The van der Waals surface area contributed by atoms with E-state index < -0.39 is 0 Å². The third-order valence-electron chi connectivity index (χ3n) is 4.37. The molecule has 1 atom stereocenters. The standard InChI is InChI=1S/C17H24ClN3O2/c1-20-16-7-3-6-14(18)17(16)15(19-20)12-21(8-10-22-2)11-13-5-4-9-23-13/h3,6-7,13H,4-5,8-12H2,1-2H3/t13-/m0/s1. The van der Waals surface area contributed by atoms with Crippen LogP contribution in [0, 0.1) is 0 Å². The van der Waals surface area contributed by atoms with Crippen molar-refractivity contribution in [1.29, 1.82) is 0 Å². The fraction of sp³-hybridized carbons (Fsp3) is 0.588. The molecule has 0 aliphatic carbocycles. The molecule has 6 heteroatoms. The van der Waals surface area contributed by atoms with Crippen molar-refractivity contribution in [2.75, 3.05) is 33.4 Å². The fourth-order valence-electron chi connectivity index (χ4n) is 3.21. The van der Waals surface area contributed by atoms with E-state index in [2.05, 4.69) is 16.1 Å². The second-order valence-corrected chi connectivity index (χ2v) is 6.47. The Labute approximate surface area is 142 Å². The molecule has 1 aromatic carbocycles. The highest BCUT2D eigenvalue weighted by Gasteiger charge is 2.21. The molecule has 0 radical (unpaired) electrons. The van der Waals surface area contributed by atoms with Crippen LogP contribution in [0.3, 0.4) is 0 Å². The molecule has 3 rings (SSSR count). The van der Waals surface area contributed by atoms with Crippen LogP contribution in [0.1, 0.15) is 18.5 Å². The Morgan fingerprint density at radius 2 is 2.35 bits per heavy atom. The highest BCUT2D eigenvalue weighted by atomic mass is 35.5. The molecule has 2 aromatic rings. The van der Waals surface area contributed by atoms with Gasteiger partial charge in [0.15, 0.2) is 0 Å². The highest BCUT2D eigenvalue weighted by Crippen LogP contribution is 2.27. The lowest BCUT2D eigenvalue weighted by molar-refractivity contribution is 0.0584. The second kappa shape index (κ2) is 7.62. The molecule has 5 nitrogen and oxygen atoms in total. The quantitative estimate of drug-likeness (QED) is 0.779. The van der Waals surface area contributed by atoms with Gasteiger partial charge in [-0.15, -0.1) is 0 Å². The van der Waals surface area contributed by atoms with Gasteiger partial charge in [0.2, 0.25) is 0 Å². The molecule has 1 aliphatic heterocycles. The topological polar surface area (TPSA) is 39.5 Å². The molecular weight excluding hydrogens is 314 g/mol. The Morgan fingerprint density at radius 3 is 3.09 bits per heavy atom. The van der Waals surface area contributed by atoms with E-state index in [1.165, 1.54) is 0 Å². The smallest absolute Gasteiger partial charge is 0.0858 e. The summed E-state index contributed by atoms with van der Waals surface area (Å²) in [4.78, 5) is 2.35. The van der Waals surface area contributed by atoms with Crippen LogP contribution in [-0.4, -0.2) is 54.2 Å². The minimum atomic E-state index is 0.317. The van der Waals surface area contributed by atoms with Gasteiger partial charge in [0, 0.05) is 45.8 Å². The zero-order valence-corrected chi connectivity index (χ0v) is 14.6. The number of hydrogen-bond acceptors (Lipinski definition) is 4. The van der Waals surface area contributed by atoms with Crippen molar-refractivity contribution < 1.29 is 9.47 Å². The Bertz CT molecular complexity index is 653. The molecule has 1 fully saturated rings. The van der Waals surface area contributed by atoms with Crippen LogP contribution in [0.2, 0.25) is 5.02 Å². The third-order valence-corrected chi connectivity index (χ3v) is 4.69. The number of halogens is 1. The summed E-state index contributed by atoms with van der Waals surface area (Å²) in [5.74, 6) is 0. The summed E-state index contributed by atoms with van der Waals surface area (Å²) in [6, 6.07) is 5.94. The maximum Gasteiger partial charge on any atom is 0.0858 e. The first-order valence-corrected chi connectivity index (χ1v) is 8.50. The molecule has 0 amide bonds. The summed E-state index contributed by atoms with van der Waals surface area (Å²) >= 11 is 6.41. The summed E-state index contributed by atoms with van der Waals surface area (Å²) in [5, 5.41) is 6.49. The first kappa shape index (κ1) is 16.7. The monoisotopic (exact) mass is 337 g/mol. The molecular formula is C17H24ClN3O2. The summed E-state index contributed by atoms with van der Waals surface area (Å²) in [5.41, 5.74) is 2.08. The Kier molecular flexibility index (Phi) is 5.54. The van der Waals surface area contributed by atoms with Crippen LogP contribution in [0.4, 0.5) is 0 Å². The summed E-state index contributed by atoms with van der Waals surface area (Å²) in [6.07, 6.45) is 2.60. The molecule has 0 unspecified atom stereocenters. The fourth-order valence-corrected chi connectivity index (χ4v) is 3.49. The van der Waals surface area contributed by atoms with Gasteiger partial charge in [0.25, 0.3) is 0 Å². The van der Waals surface area contributed by atoms with Gasteiger partial charge in [-0.3, -0.25) is 9.58 Å². The van der Waals surface area contributed by atoms with E-state index in [4.69, 9.17) is 21.1 Å². The normalized spacial score (nSPS) is 18.3. The van der Waals surface area contributed by atoms with E-state index in [-0.39, 0.29) is 0 Å². The number of methoxy groups -OCH3 is 1. The molecule has 2 heterocycles. The van der Waals surface area contributed by atoms with Crippen molar-refractivity contribution >= 4 is 22.5 Å². The molecule has 1 aromatic heterocycles. The molecule has 0 N–H and O–H groups in total. The summed E-state index contributed by atoms with van der Waals surface area (Å²) < 4.78 is 12.9. The van der Waals surface area contributed by atoms with E-state index >= 15 is 0 Å². The average molecular weight is 338 g/mol. The highest BCUT2D eigenvalue weighted by molar-refractivity contribution is 6.35. The summed E-state index contributed by atoms with van der Waals surface area (Å²) in [7, 11) is 3.69. The second-order valence-electron chi connectivity index (χ2n) is 6.07. The average Bonchev–Trinajstić information content (AvgIpc) is 3.14. The van der Waals surface area contributed by atoms with Crippen molar-refractivity contribution in [2.24, 2.45) is 7.05 Å². The van der Waals surface area contributed by atoms with E-state index in [9.17, 15) is 0 Å². The zero-order valence-electron chi connectivity index (χ0n) is 13.8. The number of fused-ring (bicyclic) bond motifs is 1. The minimum Gasteiger partial charge on any atom is -0.383 e. The molecule has 0 bridgehead atoms. The van der Waals surface area contributed by atoms with E-state index in [0.717, 1.165) is 60.7 Å². The molecule has 126 valence electrons. The van der Waals surface area contributed by atoms with Gasteiger partial charge in [0.05, 0.1) is 28.9 Å². The van der Waals surface area contributed by atoms with Crippen LogP contribution in [0.5, 0.6) is 0 Å². The van der Waals surface area contributed by atoms with Crippen LogP contribution < -0.4 is 0 Å². The predicted molar refractivity (Wildman–Crippen MR) is 91.9 cm³/mol. The van der Waals surface area contributed by atoms with Crippen molar-refractivity contribution in [3.63, 3.8) is 0 Å². The third kappa shape index (κ3) is 3.86. The molecule has 1 saturated heterocycles. The van der Waals surface area contributed by atoms with Gasteiger partial charge in [-0.1, -0.05) is 17.7 Å². The first-order valence-electron chi connectivity index (χ1n) is 8.12. The van der Waals surface area contributed by atoms with Gasteiger partial charge in [-0.05, 0) is 25.0 Å². The maximum absolute atomic E-state index is 6.41. The number of rotatable bonds is 7. The van der Waals surface area contributed by atoms with Crippen molar-refractivity contribution in [1.82, 2.24) is 14.7 Å². The number of benzene rings is 1. The number of ether oxygens (including phenoxy) is 2. The number of aromatic nitrogens is 2. The lowest BCUT2D eigenvalue weighted by atomic mass is 10.2. The maximum atomic E-state index is 6.41. The number of aryl methyl sites for hydroxylation is 1. The number of nitrogens with zero attached hydrogens (tertiary/aromatic N) is 3. The molecule has 23 heavy (non-hydrogen) atoms. The first-order chi connectivity index (χ1) is 11.2. The molecule has 0 spiro atoms. The molecule has 0 saturated carbocycles. The van der Waals surface area contributed by atoms with Gasteiger partial charge in [-0.2, -0.15) is 5.10 Å².